The maximum atomic E-state index is 6.00. The van der Waals surface area contributed by atoms with Crippen LogP contribution in [-0.2, 0) is 4.74 Å². The molecule has 110 valence electrons. The topological polar surface area (TPSA) is 50.8 Å². The molecule has 2 rings (SSSR count). The highest BCUT2D eigenvalue weighted by atomic mass is 35.5. The molecular formula is C14H20ClN3OS. The summed E-state index contributed by atoms with van der Waals surface area (Å²) in [6, 6.07) is 7.83. The van der Waals surface area contributed by atoms with Crippen LogP contribution in [0.5, 0.6) is 0 Å². The van der Waals surface area contributed by atoms with Crippen LogP contribution in [0.3, 0.4) is 0 Å². The van der Waals surface area contributed by atoms with Gasteiger partial charge in [0, 0.05) is 28.8 Å². The lowest BCUT2D eigenvalue weighted by atomic mass is 10.3. The number of morpholine rings is 1. The highest BCUT2D eigenvalue weighted by molar-refractivity contribution is 7.99. The molecule has 1 aliphatic rings. The Kier molecular flexibility index (Phi) is 6.01. The van der Waals surface area contributed by atoms with E-state index in [4.69, 9.17) is 22.1 Å². The molecule has 1 aliphatic heterocycles. The van der Waals surface area contributed by atoms with Gasteiger partial charge in [-0.25, -0.2) is 0 Å². The molecular weight excluding hydrogens is 294 g/mol. The van der Waals surface area contributed by atoms with E-state index in [0.717, 1.165) is 30.5 Å². The zero-order valence-electron chi connectivity index (χ0n) is 11.6. The van der Waals surface area contributed by atoms with E-state index in [2.05, 4.69) is 16.8 Å². The quantitative estimate of drug-likeness (QED) is 0.401. The lowest BCUT2D eigenvalue weighted by Gasteiger charge is -2.31. The zero-order valence-corrected chi connectivity index (χ0v) is 13.2. The summed E-state index contributed by atoms with van der Waals surface area (Å²) < 4.78 is 5.48. The van der Waals surface area contributed by atoms with Gasteiger partial charge in [-0.3, -0.25) is 4.99 Å². The third kappa shape index (κ3) is 4.89. The minimum absolute atomic E-state index is 0.223. The molecule has 6 heteroatoms. The van der Waals surface area contributed by atoms with E-state index >= 15 is 0 Å². The number of guanidine groups is 1. The Bertz CT molecular complexity index is 452. The predicted molar refractivity (Wildman–Crippen MR) is 85.7 cm³/mol. The summed E-state index contributed by atoms with van der Waals surface area (Å²) in [7, 11) is 0. The first kappa shape index (κ1) is 15.5. The van der Waals surface area contributed by atoms with Crippen molar-refractivity contribution in [3.05, 3.63) is 29.3 Å². The lowest BCUT2D eigenvalue weighted by Crippen LogP contribution is -2.47. The van der Waals surface area contributed by atoms with E-state index in [0.29, 0.717) is 12.5 Å². The van der Waals surface area contributed by atoms with Crippen LogP contribution in [0.25, 0.3) is 0 Å². The van der Waals surface area contributed by atoms with Gasteiger partial charge in [0.15, 0.2) is 5.96 Å². The summed E-state index contributed by atoms with van der Waals surface area (Å²) in [5.74, 6) is 1.53. The molecule has 0 aromatic heterocycles. The molecule has 1 unspecified atom stereocenters. The smallest absolute Gasteiger partial charge is 0.191 e. The summed E-state index contributed by atoms with van der Waals surface area (Å²) in [5, 5.41) is 0.762. The summed E-state index contributed by atoms with van der Waals surface area (Å²) >= 11 is 7.60. The van der Waals surface area contributed by atoms with Gasteiger partial charge in [-0.15, -0.1) is 11.8 Å². The highest BCUT2D eigenvalue weighted by Gasteiger charge is 2.17. The van der Waals surface area contributed by atoms with Crippen molar-refractivity contribution in [2.24, 2.45) is 10.7 Å². The average Bonchev–Trinajstić information content (AvgIpc) is 2.45. The molecule has 2 N–H and O–H groups in total. The Morgan fingerprint density at radius 2 is 2.25 bits per heavy atom. The van der Waals surface area contributed by atoms with Crippen LogP contribution in [0.15, 0.2) is 34.2 Å². The molecule has 0 bridgehead atoms. The molecule has 0 radical (unpaired) electrons. The summed E-state index contributed by atoms with van der Waals surface area (Å²) in [6.07, 6.45) is 0.223. The predicted octanol–water partition coefficient (Wildman–Crippen LogP) is 2.47. The van der Waals surface area contributed by atoms with Gasteiger partial charge >= 0.3 is 0 Å². The fourth-order valence-electron chi connectivity index (χ4n) is 1.98. The van der Waals surface area contributed by atoms with Crippen LogP contribution in [0, 0.1) is 0 Å². The van der Waals surface area contributed by atoms with Crippen molar-refractivity contribution in [2.75, 3.05) is 32.0 Å². The number of rotatable bonds is 4. The minimum Gasteiger partial charge on any atom is -0.375 e. The van der Waals surface area contributed by atoms with Crippen LogP contribution in [-0.4, -0.2) is 49.0 Å². The second kappa shape index (κ2) is 7.76. The minimum atomic E-state index is 0.223. The van der Waals surface area contributed by atoms with Crippen molar-refractivity contribution >= 4 is 29.3 Å². The molecule has 1 fully saturated rings. The number of aliphatic imine (C=N–C) groups is 1. The maximum absolute atomic E-state index is 6.00. The van der Waals surface area contributed by atoms with Crippen molar-refractivity contribution in [1.29, 1.82) is 0 Å². The summed E-state index contributed by atoms with van der Waals surface area (Å²) in [4.78, 5) is 7.71. The van der Waals surface area contributed by atoms with Gasteiger partial charge in [0.1, 0.15) is 0 Å². The van der Waals surface area contributed by atoms with E-state index in [-0.39, 0.29) is 6.10 Å². The van der Waals surface area contributed by atoms with E-state index in [9.17, 15) is 0 Å². The maximum Gasteiger partial charge on any atom is 0.191 e. The second-order valence-corrected chi connectivity index (χ2v) is 6.27. The summed E-state index contributed by atoms with van der Waals surface area (Å²) in [5.41, 5.74) is 6.00. The van der Waals surface area contributed by atoms with Crippen LogP contribution in [0.4, 0.5) is 0 Å². The lowest BCUT2D eigenvalue weighted by molar-refractivity contribution is 0.00531. The Morgan fingerprint density at radius 1 is 1.50 bits per heavy atom. The molecule has 1 aromatic rings. The zero-order chi connectivity index (χ0) is 14.4. The summed E-state index contributed by atoms with van der Waals surface area (Å²) in [6.45, 7) is 5.13. The van der Waals surface area contributed by atoms with Crippen molar-refractivity contribution in [3.63, 3.8) is 0 Å². The van der Waals surface area contributed by atoms with Gasteiger partial charge in [0.2, 0.25) is 0 Å². The number of benzene rings is 1. The van der Waals surface area contributed by atoms with Gasteiger partial charge < -0.3 is 15.4 Å². The molecule has 1 atom stereocenters. The number of hydrogen-bond donors (Lipinski definition) is 1. The monoisotopic (exact) mass is 313 g/mol. The fraction of sp³-hybridized carbons (Fsp3) is 0.500. The number of thioether (sulfide) groups is 1. The third-order valence-corrected chi connectivity index (χ3v) is 4.26. The average molecular weight is 314 g/mol. The first-order valence-electron chi connectivity index (χ1n) is 6.70. The van der Waals surface area contributed by atoms with Crippen LogP contribution >= 0.6 is 23.4 Å². The number of halogens is 1. The van der Waals surface area contributed by atoms with Crippen LogP contribution in [0.2, 0.25) is 5.02 Å². The molecule has 4 nitrogen and oxygen atoms in total. The Hall–Kier alpha value is -0.910. The number of nitrogens with zero attached hydrogens (tertiary/aromatic N) is 2. The first-order valence-corrected chi connectivity index (χ1v) is 8.06. The SMILES string of the molecule is CC1CN(C(N)=NCCSc2ccc(Cl)cc2)CCO1. The highest BCUT2D eigenvalue weighted by Crippen LogP contribution is 2.19. The van der Waals surface area contributed by atoms with Gasteiger partial charge in [0.25, 0.3) is 0 Å². The van der Waals surface area contributed by atoms with E-state index in [1.54, 1.807) is 11.8 Å². The molecule has 20 heavy (non-hydrogen) atoms. The largest absolute Gasteiger partial charge is 0.375 e. The molecule has 1 aromatic carbocycles. The Morgan fingerprint density at radius 3 is 2.95 bits per heavy atom. The molecule has 1 heterocycles. The Labute approximate surface area is 129 Å². The Balaban J connectivity index is 1.73. The van der Waals surface area contributed by atoms with E-state index in [1.165, 1.54) is 4.90 Å². The molecule has 1 saturated heterocycles. The fourth-order valence-corrected chi connectivity index (χ4v) is 2.85. The molecule has 0 amide bonds. The van der Waals surface area contributed by atoms with Gasteiger partial charge in [0.05, 0.1) is 19.3 Å². The molecule has 0 aliphatic carbocycles. The van der Waals surface area contributed by atoms with Gasteiger partial charge in [-0.1, -0.05) is 11.6 Å². The molecule has 0 saturated carbocycles. The standard InChI is InChI=1S/C14H20ClN3OS/c1-11-10-18(7-8-19-11)14(16)17-6-9-20-13-4-2-12(15)3-5-13/h2-5,11H,6-10H2,1H3,(H2,16,17). The van der Waals surface area contributed by atoms with E-state index in [1.807, 2.05) is 24.3 Å². The normalized spacial score (nSPS) is 20.2. The number of ether oxygens (including phenoxy) is 1. The van der Waals surface area contributed by atoms with Crippen molar-refractivity contribution in [1.82, 2.24) is 4.90 Å². The van der Waals surface area contributed by atoms with Crippen molar-refractivity contribution in [3.8, 4) is 0 Å². The van der Waals surface area contributed by atoms with Gasteiger partial charge in [-0.2, -0.15) is 0 Å². The van der Waals surface area contributed by atoms with Crippen molar-refractivity contribution < 1.29 is 4.74 Å². The molecule has 0 spiro atoms. The second-order valence-electron chi connectivity index (χ2n) is 4.67. The van der Waals surface area contributed by atoms with E-state index < -0.39 is 0 Å². The van der Waals surface area contributed by atoms with Gasteiger partial charge in [-0.05, 0) is 31.2 Å². The third-order valence-electron chi connectivity index (χ3n) is 3.01. The van der Waals surface area contributed by atoms with Crippen LogP contribution in [0.1, 0.15) is 6.92 Å². The number of hydrogen-bond acceptors (Lipinski definition) is 3. The first-order chi connectivity index (χ1) is 9.65. The van der Waals surface area contributed by atoms with Crippen LogP contribution < -0.4 is 5.73 Å². The number of nitrogens with two attached hydrogens (primary N) is 1. The van der Waals surface area contributed by atoms with Crippen molar-refractivity contribution in [2.45, 2.75) is 17.9 Å².